The highest BCUT2D eigenvalue weighted by molar-refractivity contribution is 9.10. The zero-order chi connectivity index (χ0) is 17.7. The Morgan fingerprint density at radius 1 is 1.21 bits per heavy atom. The van der Waals surface area contributed by atoms with Crippen molar-refractivity contribution in [3.05, 3.63) is 63.1 Å². The lowest BCUT2D eigenvalue weighted by Crippen LogP contribution is -2.35. The van der Waals surface area contributed by atoms with Gasteiger partial charge in [-0.05, 0) is 49.6 Å². The normalized spacial score (nSPS) is 23.3. The van der Waals surface area contributed by atoms with Crippen LogP contribution < -0.4 is 0 Å². The predicted molar refractivity (Wildman–Crippen MR) is 95.1 cm³/mol. The Bertz CT molecular complexity index is 907. The van der Waals surface area contributed by atoms with E-state index in [4.69, 9.17) is 4.18 Å². The Hall–Kier alpha value is -1.21. The van der Waals surface area contributed by atoms with Crippen molar-refractivity contribution in [3.63, 3.8) is 0 Å². The van der Waals surface area contributed by atoms with E-state index in [1.807, 2.05) is 13.0 Å². The van der Waals surface area contributed by atoms with E-state index in [1.165, 1.54) is 6.07 Å². The van der Waals surface area contributed by atoms with Gasteiger partial charge in [0.05, 0.1) is 4.90 Å². The molecular weight excluding hydrogens is 392 g/mol. The van der Waals surface area contributed by atoms with Crippen LogP contribution in [-0.4, -0.2) is 13.5 Å². The van der Waals surface area contributed by atoms with E-state index in [9.17, 15) is 13.5 Å². The van der Waals surface area contributed by atoms with Crippen LogP contribution in [0.2, 0.25) is 0 Å². The van der Waals surface area contributed by atoms with Crippen molar-refractivity contribution in [2.24, 2.45) is 5.92 Å². The Morgan fingerprint density at radius 3 is 2.58 bits per heavy atom. The lowest BCUT2D eigenvalue weighted by molar-refractivity contribution is -0.170. The summed E-state index contributed by atoms with van der Waals surface area (Å²) in [4.78, 5) is 0.0827. The standard InChI is InChI=1S/C18H19BrO4S/c1-11-4-7-17(12(2)8-11)24(21,22)23-18(20)13(3)9-14-10-15(19)5-6-16(14)18/h4-8,10,13,20H,9H2,1-3H3. The molecule has 2 aromatic carbocycles. The van der Waals surface area contributed by atoms with Crippen LogP contribution in [0.15, 0.2) is 45.8 Å². The van der Waals surface area contributed by atoms with Crippen LogP contribution >= 0.6 is 15.9 Å². The molecular formula is C18H19BrO4S. The number of hydrogen-bond donors (Lipinski definition) is 1. The minimum Gasteiger partial charge on any atom is -0.361 e. The van der Waals surface area contributed by atoms with Crippen LogP contribution in [0.3, 0.4) is 0 Å². The van der Waals surface area contributed by atoms with Crippen molar-refractivity contribution < 1.29 is 17.7 Å². The van der Waals surface area contributed by atoms with E-state index < -0.39 is 15.9 Å². The molecule has 2 unspecified atom stereocenters. The maximum absolute atomic E-state index is 12.8. The molecule has 1 N–H and O–H groups in total. The fraction of sp³-hybridized carbons (Fsp3) is 0.333. The quantitative estimate of drug-likeness (QED) is 0.617. The van der Waals surface area contributed by atoms with Gasteiger partial charge in [0.1, 0.15) is 0 Å². The van der Waals surface area contributed by atoms with Gasteiger partial charge in [0.2, 0.25) is 5.79 Å². The van der Waals surface area contributed by atoms with Crippen LogP contribution in [0.1, 0.15) is 29.2 Å². The maximum Gasteiger partial charge on any atom is 0.300 e. The third-order valence-electron chi connectivity index (χ3n) is 4.48. The SMILES string of the molecule is Cc1ccc(S(=O)(=O)OC2(O)c3ccc(Br)cc3CC2C)c(C)c1. The molecule has 0 fully saturated rings. The van der Waals surface area contributed by atoms with Crippen LogP contribution in [0, 0.1) is 19.8 Å². The zero-order valence-corrected chi connectivity index (χ0v) is 16.1. The van der Waals surface area contributed by atoms with Crippen LogP contribution in [0.25, 0.3) is 0 Å². The number of benzene rings is 2. The number of fused-ring (bicyclic) bond motifs is 1. The van der Waals surface area contributed by atoms with Crippen molar-refractivity contribution in [1.29, 1.82) is 0 Å². The Kier molecular flexibility index (Phi) is 4.36. The second-order valence-corrected chi connectivity index (χ2v) is 8.84. The van der Waals surface area contributed by atoms with E-state index in [2.05, 4.69) is 15.9 Å². The Labute approximate surface area is 150 Å². The van der Waals surface area contributed by atoms with E-state index >= 15 is 0 Å². The van der Waals surface area contributed by atoms with Gasteiger partial charge in [-0.25, -0.2) is 4.18 Å². The first-order valence-electron chi connectivity index (χ1n) is 7.67. The minimum absolute atomic E-state index is 0.0827. The molecule has 0 radical (unpaired) electrons. The molecule has 128 valence electrons. The molecule has 6 heteroatoms. The molecule has 0 saturated heterocycles. The van der Waals surface area contributed by atoms with Gasteiger partial charge in [0, 0.05) is 16.0 Å². The van der Waals surface area contributed by atoms with Gasteiger partial charge in [-0.3, -0.25) is 0 Å². The van der Waals surface area contributed by atoms with Gasteiger partial charge in [-0.2, -0.15) is 8.42 Å². The smallest absolute Gasteiger partial charge is 0.300 e. The number of hydrogen-bond acceptors (Lipinski definition) is 4. The molecule has 0 bridgehead atoms. The molecule has 0 aliphatic heterocycles. The predicted octanol–water partition coefficient (Wildman–Crippen LogP) is 3.81. The van der Waals surface area contributed by atoms with Crippen LogP contribution in [0.5, 0.6) is 0 Å². The van der Waals surface area contributed by atoms with Crippen LogP contribution in [0.4, 0.5) is 0 Å². The first-order valence-corrected chi connectivity index (χ1v) is 9.88. The summed E-state index contributed by atoms with van der Waals surface area (Å²) in [6, 6.07) is 10.4. The molecule has 4 nitrogen and oxygen atoms in total. The summed E-state index contributed by atoms with van der Waals surface area (Å²) in [7, 11) is -4.10. The molecule has 0 heterocycles. The molecule has 1 aliphatic rings. The van der Waals surface area contributed by atoms with Crippen molar-refractivity contribution in [3.8, 4) is 0 Å². The monoisotopic (exact) mass is 410 g/mol. The average Bonchev–Trinajstić information content (AvgIpc) is 2.68. The van der Waals surface area contributed by atoms with Gasteiger partial charge in [0.25, 0.3) is 10.1 Å². The number of halogens is 1. The zero-order valence-electron chi connectivity index (χ0n) is 13.7. The molecule has 2 atom stereocenters. The fourth-order valence-corrected chi connectivity index (χ4v) is 5.01. The summed E-state index contributed by atoms with van der Waals surface area (Å²) in [5, 5.41) is 11.0. The number of aliphatic hydroxyl groups is 1. The van der Waals surface area contributed by atoms with Crippen molar-refractivity contribution in [2.45, 2.75) is 37.9 Å². The second-order valence-electron chi connectivity index (χ2n) is 6.41. The third-order valence-corrected chi connectivity index (χ3v) is 6.45. The molecule has 24 heavy (non-hydrogen) atoms. The number of aryl methyl sites for hydroxylation is 2. The Morgan fingerprint density at radius 2 is 1.92 bits per heavy atom. The van der Waals surface area contributed by atoms with Gasteiger partial charge >= 0.3 is 0 Å². The Balaban J connectivity index is 2.04. The molecule has 0 amide bonds. The molecule has 0 saturated carbocycles. The molecule has 0 aromatic heterocycles. The third kappa shape index (κ3) is 2.92. The minimum atomic E-state index is -4.10. The highest BCUT2D eigenvalue weighted by Crippen LogP contribution is 2.45. The largest absolute Gasteiger partial charge is 0.361 e. The highest BCUT2D eigenvalue weighted by atomic mass is 79.9. The van der Waals surface area contributed by atoms with Crippen molar-refractivity contribution in [1.82, 2.24) is 0 Å². The topological polar surface area (TPSA) is 63.6 Å². The molecule has 3 rings (SSSR count). The van der Waals surface area contributed by atoms with E-state index in [-0.39, 0.29) is 10.8 Å². The van der Waals surface area contributed by atoms with Crippen molar-refractivity contribution >= 4 is 26.0 Å². The van der Waals surface area contributed by atoms with Crippen LogP contribution in [-0.2, 0) is 26.5 Å². The van der Waals surface area contributed by atoms with E-state index in [0.717, 1.165) is 15.6 Å². The lowest BCUT2D eigenvalue weighted by atomic mass is 10.0. The number of rotatable bonds is 3. The lowest BCUT2D eigenvalue weighted by Gasteiger charge is -2.28. The van der Waals surface area contributed by atoms with Gasteiger partial charge in [-0.15, -0.1) is 0 Å². The summed E-state index contributed by atoms with van der Waals surface area (Å²) in [5.74, 6) is -2.23. The molecule has 2 aromatic rings. The fourth-order valence-electron chi connectivity index (χ4n) is 3.23. The second kappa shape index (κ2) is 5.95. The summed E-state index contributed by atoms with van der Waals surface area (Å²) in [6.07, 6.45) is 0.549. The van der Waals surface area contributed by atoms with E-state index in [0.29, 0.717) is 17.5 Å². The van der Waals surface area contributed by atoms with Gasteiger partial charge in [-0.1, -0.05) is 46.6 Å². The molecule has 1 aliphatic carbocycles. The first kappa shape index (κ1) is 17.6. The summed E-state index contributed by atoms with van der Waals surface area (Å²) >= 11 is 3.40. The summed E-state index contributed by atoms with van der Waals surface area (Å²) in [5.41, 5.74) is 2.96. The summed E-state index contributed by atoms with van der Waals surface area (Å²) < 4.78 is 31.8. The first-order chi connectivity index (χ1) is 11.1. The highest BCUT2D eigenvalue weighted by Gasteiger charge is 2.48. The van der Waals surface area contributed by atoms with Gasteiger partial charge in [0.15, 0.2) is 0 Å². The molecule has 0 spiro atoms. The van der Waals surface area contributed by atoms with E-state index in [1.54, 1.807) is 38.1 Å². The maximum atomic E-state index is 12.8. The average molecular weight is 411 g/mol. The van der Waals surface area contributed by atoms with Crippen molar-refractivity contribution in [2.75, 3.05) is 0 Å². The summed E-state index contributed by atoms with van der Waals surface area (Å²) in [6.45, 7) is 5.40. The van der Waals surface area contributed by atoms with Gasteiger partial charge < -0.3 is 5.11 Å².